The summed E-state index contributed by atoms with van der Waals surface area (Å²) in [5, 5.41) is 7.33. The van der Waals surface area contributed by atoms with Crippen molar-refractivity contribution in [1.29, 1.82) is 0 Å². The van der Waals surface area contributed by atoms with Crippen molar-refractivity contribution in [3.05, 3.63) is 164 Å². The van der Waals surface area contributed by atoms with Gasteiger partial charge in [0.1, 0.15) is 5.69 Å². The minimum absolute atomic E-state index is 0.831. The molecular formula is C46H27N3. The van der Waals surface area contributed by atoms with Gasteiger partial charge in [-0.15, -0.1) is 0 Å². The highest BCUT2D eigenvalue weighted by Crippen LogP contribution is 2.49. The van der Waals surface area contributed by atoms with Gasteiger partial charge in [-0.25, -0.2) is 9.97 Å². The van der Waals surface area contributed by atoms with Crippen molar-refractivity contribution < 1.29 is 0 Å². The van der Waals surface area contributed by atoms with Crippen LogP contribution in [0.2, 0.25) is 0 Å². The molecular weight excluding hydrogens is 595 g/mol. The van der Waals surface area contributed by atoms with Gasteiger partial charge in [-0.3, -0.25) is 4.57 Å². The molecule has 0 saturated heterocycles. The van der Waals surface area contributed by atoms with Gasteiger partial charge in [0.25, 0.3) is 0 Å². The predicted octanol–water partition coefficient (Wildman–Crippen LogP) is 12.0. The molecule has 0 radical (unpaired) electrons. The Morgan fingerprint density at radius 2 is 0.918 bits per heavy atom. The molecule has 3 nitrogen and oxygen atoms in total. The van der Waals surface area contributed by atoms with Gasteiger partial charge in [0.05, 0.1) is 22.1 Å². The smallest absolute Gasteiger partial charge is 0.165 e. The van der Waals surface area contributed by atoms with Crippen LogP contribution in [-0.2, 0) is 0 Å². The van der Waals surface area contributed by atoms with E-state index in [-0.39, 0.29) is 0 Å². The summed E-state index contributed by atoms with van der Waals surface area (Å²) in [5.41, 5.74) is 13.3. The van der Waals surface area contributed by atoms with Crippen molar-refractivity contribution in [3.8, 4) is 50.5 Å². The first-order valence-electron chi connectivity index (χ1n) is 16.8. The van der Waals surface area contributed by atoms with Crippen molar-refractivity contribution in [3.63, 3.8) is 0 Å². The van der Waals surface area contributed by atoms with E-state index in [9.17, 15) is 0 Å². The molecule has 3 heteroatoms. The first-order valence-corrected chi connectivity index (χ1v) is 16.8. The lowest BCUT2D eigenvalue weighted by Crippen LogP contribution is -2.04. The Kier molecular flexibility index (Phi) is 5.38. The summed E-state index contributed by atoms with van der Waals surface area (Å²) in [5.74, 6) is 0.831. The lowest BCUT2D eigenvalue weighted by molar-refractivity contribution is 1.08. The molecule has 0 bridgehead atoms. The Morgan fingerprint density at radius 3 is 1.61 bits per heavy atom. The Hall–Kier alpha value is -6.58. The zero-order chi connectivity index (χ0) is 32.1. The van der Waals surface area contributed by atoms with Crippen LogP contribution in [0.15, 0.2) is 164 Å². The molecule has 0 amide bonds. The molecule has 0 fully saturated rings. The zero-order valence-electron chi connectivity index (χ0n) is 26.4. The quantitative estimate of drug-likeness (QED) is 0.184. The van der Waals surface area contributed by atoms with Crippen molar-refractivity contribution in [2.75, 3.05) is 0 Å². The first kappa shape index (κ1) is 26.5. The topological polar surface area (TPSA) is 30.7 Å². The SMILES string of the molecule is c1ccc(-c2ccc(-c3nc4ccc5ccccc5c4nc3-n3c4cccc5c4c4c(cccc43)-c3cccc4cccc-5c34)cc2)cc1. The molecule has 10 aromatic rings. The fourth-order valence-electron chi connectivity index (χ4n) is 8.16. The molecule has 0 atom stereocenters. The lowest BCUT2D eigenvalue weighted by Gasteiger charge is -2.16. The van der Waals surface area contributed by atoms with Gasteiger partial charge in [-0.1, -0.05) is 146 Å². The summed E-state index contributed by atoms with van der Waals surface area (Å²) in [7, 11) is 0. The van der Waals surface area contributed by atoms with Gasteiger partial charge in [-0.05, 0) is 67.7 Å². The second-order valence-electron chi connectivity index (χ2n) is 12.9. The molecule has 0 spiro atoms. The molecule has 1 aliphatic rings. The lowest BCUT2D eigenvalue weighted by atomic mass is 9.93. The molecule has 226 valence electrons. The van der Waals surface area contributed by atoms with E-state index < -0.39 is 0 Å². The predicted molar refractivity (Wildman–Crippen MR) is 204 cm³/mol. The van der Waals surface area contributed by atoms with E-state index in [0.29, 0.717) is 0 Å². The third-order valence-electron chi connectivity index (χ3n) is 10.3. The Bertz CT molecular complexity index is 2880. The van der Waals surface area contributed by atoms with Crippen LogP contribution in [0.5, 0.6) is 0 Å². The monoisotopic (exact) mass is 621 g/mol. The van der Waals surface area contributed by atoms with Gasteiger partial charge in [0, 0.05) is 21.7 Å². The molecule has 2 heterocycles. The number of hydrogen-bond donors (Lipinski definition) is 0. The van der Waals surface area contributed by atoms with Crippen molar-refractivity contribution in [1.82, 2.24) is 14.5 Å². The average Bonchev–Trinajstić information content (AvgIpc) is 3.45. The normalized spacial score (nSPS) is 12.1. The molecule has 0 N–H and O–H groups in total. The Balaban J connectivity index is 1.27. The van der Waals surface area contributed by atoms with Crippen molar-refractivity contribution >= 4 is 54.4 Å². The zero-order valence-corrected chi connectivity index (χ0v) is 26.4. The molecule has 0 aliphatic heterocycles. The maximum Gasteiger partial charge on any atom is 0.165 e. The summed E-state index contributed by atoms with van der Waals surface area (Å²) in [6.07, 6.45) is 0. The molecule has 2 aromatic heterocycles. The van der Waals surface area contributed by atoms with Gasteiger partial charge in [0.2, 0.25) is 0 Å². The maximum atomic E-state index is 5.59. The molecule has 0 saturated carbocycles. The van der Waals surface area contributed by atoms with E-state index in [2.05, 4.69) is 168 Å². The largest absolute Gasteiger partial charge is 0.292 e. The van der Waals surface area contributed by atoms with Gasteiger partial charge >= 0.3 is 0 Å². The molecule has 49 heavy (non-hydrogen) atoms. The summed E-state index contributed by atoms with van der Waals surface area (Å²) >= 11 is 0. The highest BCUT2D eigenvalue weighted by molar-refractivity contribution is 6.27. The summed E-state index contributed by atoms with van der Waals surface area (Å²) in [4.78, 5) is 11.0. The standard InChI is InChI=1S/C46H27N3/c1-2-10-28(11-3-1)29-22-24-32(25-23-29)44-46(48-45-33-15-5-4-12-30(33)26-27-38(45)47-44)49-39-20-8-18-36-34-16-6-13-31-14-7-17-35(41(31)34)37-19-9-21-40(49)43(37)42(36)39/h1-27H. The summed E-state index contributed by atoms with van der Waals surface area (Å²) < 4.78 is 2.36. The second-order valence-corrected chi connectivity index (χ2v) is 12.9. The average molecular weight is 622 g/mol. The number of fused-ring (bicyclic) bond motifs is 5. The number of nitrogens with zero attached hydrogens (tertiary/aromatic N) is 3. The van der Waals surface area contributed by atoms with Crippen LogP contribution in [0, 0.1) is 0 Å². The highest BCUT2D eigenvalue weighted by atomic mass is 15.1. The fourth-order valence-corrected chi connectivity index (χ4v) is 8.16. The molecule has 8 aromatic carbocycles. The number of aromatic nitrogens is 3. The van der Waals surface area contributed by atoms with Crippen LogP contribution in [0.3, 0.4) is 0 Å². The van der Waals surface area contributed by atoms with E-state index in [1.165, 1.54) is 54.9 Å². The van der Waals surface area contributed by atoms with Crippen molar-refractivity contribution in [2.24, 2.45) is 0 Å². The highest BCUT2D eigenvalue weighted by Gasteiger charge is 2.26. The van der Waals surface area contributed by atoms with E-state index >= 15 is 0 Å². The molecule has 0 unspecified atom stereocenters. The van der Waals surface area contributed by atoms with Crippen LogP contribution >= 0.6 is 0 Å². The van der Waals surface area contributed by atoms with Crippen LogP contribution in [0.1, 0.15) is 0 Å². The van der Waals surface area contributed by atoms with Crippen LogP contribution in [0.25, 0.3) is 105 Å². The number of benzene rings is 8. The third kappa shape index (κ3) is 3.73. The first-order chi connectivity index (χ1) is 24.3. The van der Waals surface area contributed by atoms with Gasteiger partial charge < -0.3 is 0 Å². The minimum atomic E-state index is 0.831. The maximum absolute atomic E-state index is 5.59. The second kappa shape index (κ2) is 9.96. The van der Waals surface area contributed by atoms with Crippen molar-refractivity contribution in [2.45, 2.75) is 0 Å². The summed E-state index contributed by atoms with van der Waals surface area (Å²) in [6.45, 7) is 0. The molecule has 11 rings (SSSR count). The van der Waals surface area contributed by atoms with Crippen LogP contribution < -0.4 is 0 Å². The van der Waals surface area contributed by atoms with E-state index in [0.717, 1.165) is 49.9 Å². The van der Waals surface area contributed by atoms with E-state index in [1.807, 2.05) is 0 Å². The Morgan fingerprint density at radius 1 is 0.367 bits per heavy atom. The van der Waals surface area contributed by atoms with Gasteiger partial charge in [-0.2, -0.15) is 0 Å². The number of rotatable bonds is 3. The van der Waals surface area contributed by atoms with Crippen LogP contribution in [-0.4, -0.2) is 14.5 Å². The van der Waals surface area contributed by atoms with Gasteiger partial charge in [0.15, 0.2) is 5.82 Å². The van der Waals surface area contributed by atoms with Crippen LogP contribution in [0.4, 0.5) is 0 Å². The third-order valence-corrected chi connectivity index (χ3v) is 10.3. The van der Waals surface area contributed by atoms with E-state index in [4.69, 9.17) is 9.97 Å². The molecule has 1 aliphatic carbocycles. The number of hydrogen-bond acceptors (Lipinski definition) is 2. The van der Waals surface area contributed by atoms with E-state index in [1.54, 1.807) is 0 Å². The Labute approximate surface area is 282 Å². The fraction of sp³-hybridized carbons (Fsp3) is 0. The minimum Gasteiger partial charge on any atom is -0.292 e. The summed E-state index contributed by atoms with van der Waals surface area (Å²) in [6, 6.07) is 58.8.